The third-order valence-electron chi connectivity index (χ3n) is 4.43. The lowest BCUT2D eigenvalue weighted by atomic mass is 9.86. The van der Waals surface area contributed by atoms with Gasteiger partial charge in [-0.25, -0.2) is 4.79 Å². The van der Waals surface area contributed by atoms with Crippen LogP contribution in [0.15, 0.2) is 36.0 Å². The van der Waals surface area contributed by atoms with Gasteiger partial charge in [-0.3, -0.25) is 9.59 Å². The molecule has 1 saturated carbocycles. The number of hydrogen-bond acceptors (Lipinski definition) is 4. The summed E-state index contributed by atoms with van der Waals surface area (Å²) in [7, 11) is 0. The molecule has 0 unspecified atom stereocenters. The van der Waals surface area contributed by atoms with E-state index >= 15 is 0 Å². The SMILES string of the molecule is CC(=O)N/C(=C\c1ccccc1)C(=O)OCC(=O)N[C@H]1CCCC[C@H]1C. The van der Waals surface area contributed by atoms with Crippen molar-refractivity contribution in [3.8, 4) is 0 Å². The fourth-order valence-electron chi connectivity index (χ4n) is 3.04. The van der Waals surface area contributed by atoms with E-state index in [1.54, 1.807) is 12.1 Å². The molecule has 0 spiro atoms. The molecule has 1 aliphatic carbocycles. The molecule has 1 aromatic carbocycles. The van der Waals surface area contributed by atoms with E-state index in [4.69, 9.17) is 4.74 Å². The van der Waals surface area contributed by atoms with Crippen LogP contribution < -0.4 is 10.6 Å². The van der Waals surface area contributed by atoms with Gasteiger partial charge in [-0.1, -0.05) is 50.1 Å². The topological polar surface area (TPSA) is 84.5 Å². The summed E-state index contributed by atoms with van der Waals surface area (Å²) in [5, 5.41) is 5.39. The molecule has 0 saturated heterocycles. The first-order chi connectivity index (χ1) is 12.5. The van der Waals surface area contributed by atoms with E-state index < -0.39 is 5.97 Å². The molecular weight excluding hydrogens is 332 g/mol. The number of esters is 1. The van der Waals surface area contributed by atoms with Crippen LogP contribution in [0, 0.1) is 5.92 Å². The average molecular weight is 358 g/mol. The number of amides is 2. The van der Waals surface area contributed by atoms with Crippen molar-refractivity contribution in [3.05, 3.63) is 41.6 Å². The summed E-state index contributed by atoms with van der Waals surface area (Å²) in [5.41, 5.74) is 0.746. The molecule has 0 aliphatic heterocycles. The molecular formula is C20H26N2O4. The highest BCUT2D eigenvalue weighted by Gasteiger charge is 2.23. The normalized spacial score (nSPS) is 20.2. The predicted molar refractivity (Wildman–Crippen MR) is 98.8 cm³/mol. The van der Waals surface area contributed by atoms with Gasteiger partial charge in [0.15, 0.2) is 6.61 Å². The molecule has 2 rings (SSSR count). The zero-order valence-electron chi connectivity index (χ0n) is 15.3. The summed E-state index contributed by atoms with van der Waals surface area (Å²) in [6, 6.07) is 9.22. The van der Waals surface area contributed by atoms with Gasteiger partial charge in [0.1, 0.15) is 5.70 Å². The van der Waals surface area contributed by atoms with Crippen molar-refractivity contribution >= 4 is 23.9 Å². The molecule has 0 aromatic heterocycles. The van der Waals surface area contributed by atoms with Gasteiger partial charge in [0.2, 0.25) is 5.91 Å². The second-order valence-electron chi connectivity index (χ2n) is 6.66. The Morgan fingerprint density at radius 1 is 1.15 bits per heavy atom. The molecule has 2 atom stereocenters. The molecule has 1 aliphatic rings. The molecule has 6 nitrogen and oxygen atoms in total. The molecule has 0 radical (unpaired) electrons. The molecule has 2 amide bonds. The van der Waals surface area contributed by atoms with Gasteiger partial charge in [-0.2, -0.15) is 0 Å². The van der Waals surface area contributed by atoms with Crippen LogP contribution in [0.25, 0.3) is 6.08 Å². The Morgan fingerprint density at radius 2 is 1.85 bits per heavy atom. The Hall–Kier alpha value is -2.63. The van der Waals surface area contributed by atoms with Gasteiger partial charge >= 0.3 is 5.97 Å². The largest absolute Gasteiger partial charge is 0.451 e. The number of ether oxygens (including phenoxy) is 1. The summed E-state index contributed by atoms with van der Waals surface area (Å²) in [4.78, 5) is 35.7. The second-order valence-corrected chi connectivity index (χ2v) is 6.66. The van der Waals surface area contributed by atoms with Crippen LogP contribution in [0.4, 0.5) is 0 Å². The van der Waals surface area contributed by atoms with Crippen LogP contribution in [0.2, 0.25) is 0 Å². The first-order valence-electron chi connectivity index (χ1n) is 8.96. The number of carbonyl (C=O) groups is 3. The van der Waals surface area contributed by atoms with E-state index in [0.29, 0.717) is 5.92 Å². The van der Waals surface area contributed by atoms with Crippen LogP contribution in [0.5, 0.6) is 0 Å². The fraction of sp³-hybridized carbons (Fsp3) is 0.450. The molecule has 0 bridgehead atoms. The monoisotopic (exact) mass is 358 g/mol. The summed E-state index contributed by atoms with van der Waals surface area (Å²) >= 11 is 0. The van der Waals surface area contributed by atoms with Crippen molar-refractivity contribution in [2.75, 3.05) is 6.61 Å². The van der Waals surface area contributed by atoms with Crippen molar-refractivity contribution in [2.24, 2.45) is 5.92 Å². The van der Waals surface area contributed by atoms with Crippen LogP contribution in [0.1, 0.15) is 45.1 Å². The van der Waals surface area contributed by atoms with Crippen LogP contribution in [0.3, 0.4) is 0 Å². The molecule has 1 fully saturated rings. The zero-order valence-corrected chi connectivity index (χ0v) is 15.3. The summed E-state index contributed by atoms with van der Waals surface area (Å²) in [6.45, 7) is 3.06. The number of benzene rings is 1. The van der Waals surface area contributed by atoms with Gasteiger partial charge in [0.25, 0.3) is 5.91 Å². The first kappa shape index (κ1) is 19.7. The van der Waals surface area contributed by atoms with Crippen molar-refractivity contribution in [1.82, 2.24) is 10.6 Å². The summed E-state index contributed by atoms with van der Waals surface area (Å²) < 4.78 is 5.08. The second kappa shape index (κ2) is 9.75. The van der Waals surface area contributed by atoms with Gasteiger partial charge in [-0.05, 0) is 30.4 Å². The Bertz CT molecular complexity index is 670. The lowest BCUT2D eigenvalue weighted by Crippen LogP contribution is -2.43. The highest BCUT2D eigenvalue weighted by Crippen LogP contribution is 2.23. The number of hydrogen-bond donors (Lipinski definition) is 2. The minimum atomic E-state index is -0.740. The maximum absolute atomic E-state index is 12.3. The Labute approximate surface area is 154 Å². The first-order valence-corrected chi connectivity index (χ1v) is 8.96. The van der Waals surface area contributed by atoms with Crippen LogP contribution in [-0.4, -0.2) is 30.4 Å². The number of nitrogens with one attached hydrogen (secondary N) is 2. The van der Waals surface area contributed by atoms with Gasteiger partial charge in [0, 0.05) is 13.0 Å². The predicted octanol–water partition coefficient (Wildman–Crippen LogP) is 2.40. The van der Waals surface area contributed by atoms with Gasteiger partial charge < -0.3 is 15.4 Å². The molecule has 0 heterocycles. The third-order valence-corrected chi connectivity index (χ3v) is 4.43. The fourth-order valence-corrected chi connectivity index (χ4v) is 3.04. The van der Waals surface area contributed by atoms with Gasteiger partial charge in [0.05, 0.1) is 0 Å². The van der Waals surface area contributed by atoms with Crippen LogP contribution in [-0.2, 0) is 19.1 Å². The average Bonchev–Trinajstić information content (AvgIpc) is 2.61. The van der Waals surface area contributed by atoms with Crippen molar-refractivity contribution in [2.45, 2.75) is 45.6 Å². The molecule has 1 aromatic rings. The number of carbonyl (C=O) groups excluding carboxylic acids is 3. The molecule has 26 heavy (non-hydrogen) atoms. The van der Waals surface area contributed by atoms with Gasteiger partial charge in [-0.15, -0.1) is 0 Å². The minimum absolute atomic E-state index is 0.00235. The zero-order chi connectivity index (χ0) is 18.9. The highest BCUT2D eigenvalue weighted by molar-refractivity contribution is 5.98. The Balaban J connectivity index is 1.93. The lowest BCUT2D eigenvalue weighted by molar-refractivity contribution is -0.145. The highest BCUT2D eigenvalue weighted by atomic mass is 16.5. The van der Waals surface area contributed by atoms with E-state index in [1.165, 1.54) is 19.4 Å². The van der Waals surface area contributed by atoms with Crippen LogP contribution >= 0.6 is 0 Å². The summed E-state index contributed by atoms with van der Waals surface area (Å²) in [5.74, 6) is -1.02. The quantitative estimate of drug-likeness (QED) is 0.604. The van der Waals surface area contributed by atoms with Crippen molar-refractivity contribution in [1.29, 1.82) is 0 Å². The number of rotatable bonds is 6. The Morgan fingerprint density at radius 3 is 2.50 bits per heavy atom. The maximum Gasteiger partial charge on any atom is 0.355 e. The minimum Gasteiger partial charge on any atom is -0.451 e. The van der Waals surface area contributed by atoms with Crippen molar-refractivity contribution in [3.63, 3.8) is 0 Å². The Kier molecular flexibility index (Phi) is 7.38. The van der Waals surface area contributed by atoms with E-state index in [2.05, 4.69) is 17.6 Å². The smallest absolute Gasteiger partial charge is 0.355 e. The van der Waals surface area contributed by atoms with E-state index in [-0.39, 0.29) is 30.2 Å². The lowest BCUT2D eigenvalue weighted by Gasteiger charge is -2.29. The third kappa shape index (κ3) is 6.35. The molecule has 2 N–H and O–H groups in total. The molecule has 6 heteroatoms. The van der Waals surface area contributed by atoms with E-state index in [0.717, 1.165) is 24.8 Å². The van der Waals surface area contributed by atoms with Crippen molar-refractivity contribution < 1.29 is 19.1 Å². The summed E-state index contributed by atoms with van der Waals surface area (Å²) in [6.07, 6.45) is 5.85. The van der Waals surface area contributed by atoms with E-state index in [9.17, 15) is 14.4 Å². The standard InChI is InChI=1S/C20H26N2O4/c1-14-8-6-7-11-17(14)22-19(24)13-26-20(25)18(21-15(2)23)12-16-9-4-3-5-10-16/h3-5,9-10,12,14,17H,6-8,11,13H2,1-2H3,(H,21,23)(H,22,24)/b18-12-/t14-,17+/m1/s1. The maximum atomic E-state index is 12.3. The van der Waals surface area contributed by atoms with E-state index in [1.807, 2.05) is 18.2 Å². The molecule has 140 valence electrons.